The molecule has 1 saturated heterocycles. The molecule has 2 N–H and O–H groups in total. The summed E-state index contributed by atoms with van der Waals surface area (Å²) in [5.74, 6) is -0.0894. The van der Waals surface area contributed by atoms with Crippen LogP contribution in [0.4, 0.5) is 0 Å². The quantitative estimate of drug-likeness (QED) is 0.463. The van der Waals surface area contributed by atoms with E-state index in [2.05, 4.69) is 4.90 Å². The Balaban J connectivity index is 1.30. The second-order valence-electron chi connectivity index (χ2n) is 8.65. The maximum atomic E-state index is 12.0. The number of aliphatic hydroxyl groups is 1. The van der Waals surface area contributed by atoms with Gasteiger partial charge < -0.3 is 19.8 Å². The van der Waals surface area contributed by atoms with Gasteiger partial charge in [0.2, 0.25) is 0 Å². The molecule has 1 aliphatic heterocycles. The van der Waals surface area contributed by atoms with E-state index in [-0.39, 0.29) is 11.5 Å². The molecule has 1 aliphatic rings. The Bertz CT molecular complexity index is 973. The van der Waals surface area contributed by atoms with Gasteiger partial charge in [0.15, 0.2) is 0 Å². The predicted octanol–water partition coefficient (Wildman–Crippen LogP) is 4.80. The second-order valence-corrected chi connectivity index (χ2v) is 8.65. The molecular weight excluding hydrogens is 414 g/mol. The highest BCUT2D eigenvalue weighted by Gasteiger charge is 2.41. The number of rotatable bonds is 9. The van der Waals surface area contributed by atoms with Gasteiger partial charge in [-0.2, -0.15) is 0 Å². The van der Waals surface area contributed by atoms with Crippen LogP contribution in [-0.4, -0.2) is 47.3 Å². The summed E-state index contributed by atoms with van der Waals surface area (Å²) in [5.41, 5.74) is 1.19. The molecule has 4 rings (SSSR count). The average Bonchev–Trinajstić information content (AvgIpc) is 2.88. The molecular formula is C28H31NO4. The lowest BCUT2D eigenvalue weighted by Gasteiger charge is -2.42. The van der Waals surface area contributed by atoms with Gasteiger partial charge >= 0.3 is 5.97 Å². The number of benzene rings is 3. The van der Waals surface area contributed by atoms with Crippen molar-refractivity contribution >= 4 is 5.97 Å². The fourth-order valence-corrected chi connectivity index (χ4v) is 4.77. The number of carboxylic acids is 1. The third kappa shape index (κ3) is 5.44. The first-order chi connectivity index (χ1) is 16.1. The van der Waals surface area contributed by atoms with E-state index < -0.39 is 11.6 Å². The smallest absolute Gasteiger partial charge is 0.335 e. The van der Waals surface area contributed by atoms with Crippen LogP contribution in [0, 0.1) is 5.92 Å². The molecule has 0 radical (unpaired) electrons. The van der Waals surface area contributed by atoms with Crippen LogP contribution in [0.15, 0.2) is 84.9 Å². The zero-order chi connectivity index (χ0) is 23.1. The van der Waals surface area contributed by atoms with Gasteiger partial charge in [0.05, 0.1) is 12.2 Å². The topological polar surface area (TPSA) is 70.0 Å². The summed E-state index contributed by atoms with van der Waals surface area (Å²) in [6, 6.07) is 26.6. The molecule has 0 aliphatic carbocycles. The number of aromatic carboxylic acids is 1. The summed E-state index contributed by atoms with van der Waals surface area (Å²) in [7, 11) is 0. The molecule has 0 bridgehead atoms. The molecule has 0 atom stereocenters. The predicted molar refractivity (Wildman–Crippen MR) is 129 cm³/mol. The van der Waals surface area contributed by atoms with Crippen molar-refractivity contribution in [3.8, 4) is 5.75 Å². The first kappa shape index (κ1) is 23.0. The zero-order valence-electron chi connectivity index (χ0n) is 18.8. The van der Waals surface area contributed by atoms with Crippen molar-refractivity contribution in [2.45, 2.75) is 24.9 Å². The Kier molecular flexibility index (Phi) is 7.43. The highest BCUT2D eigenvalue weighted by atomic mass is 16.5. The maximum absolute atomic E-state index is 12.0. The molecule has 0 unspecified atom stereocenters. The van der Waals surface area contributed by atoms with Crippen LogP contribution in [0.2, 0.25) is 0 Å². The van der Waals surface area contributed by atoms with E-state index in [0.717, 1.165) is 50.0 Å². The van der Waals surface area contributed by atoms with Crippen LogP contribution in [0.3, 0.4) is 0 Å². The van der Waals surface area contributed by atoms with E-state index in [1.54, 1.807) is 24.3 Å². The van der Waals surface area contributed by atoms with Gasteiger partial charge in [-0.3, -0.25) is 0 Å². The van der Waals surface area contributed by atoms with Crippen LogP contribution in [0.1, 0.15) is 40.7 Å². The van der Waals surface area contributed by atoms with Gasteiger partial charge in [0.25, 0.3) is 0 Å². The largest absolute Gasteiger partial charge is 0.494 e. The van der Waals surface area contributed by atoms with E-state index in [9.17, 15) is 9.90 Å². The Hall–Kier alpha value is -3.15. The Morgan fingerprint density at radius 2 is 1.42 bits per heavy atom. The Morgan fingerprint density at radius 1 is 0.879 bits per heavy atom. The molecule has 3 aromatic carbocycles. The van der Waals surface area contributed by atoms with Gasteiger partial charge in [-0.25, -0.2) is 4.79 Å². The first-order valence-electron chi connectivity index (χ1n) is 11.6. The number of carboxylic acid groups (broad SMARTS) is 1. The fourth-order valence-electron chi connectivity index (χ4n) is 4.77. The van der Waals surface area contributed by atoms with E-state index in [1.165, 1.54) is 0 Å². The van der Waals surface area contributed by atoms with Crippen molar-refractivity contribution in [1.29, 1.82) is 0 Å². The Labute approximate surface area is 195 Å². The van der Waals surface area contributed by atoms with Crippen LogP contribution < -0.4 is 4.74 Å². The SMILES string of the molecule is O=C(O)c1ccc(OCCCN2CCC(C(O)(c3ccccc3)c3ccccc3)CC2)cc1. The van der Waals surface area contributed by atoms with E-state index >= 15 is 0 Å². The monoisotopic (exact) mass is 445 g/mol. The summed E-state index contributed by atoms with van der Waals surface area (Å²) in [6.07, 6.45) is 2.75. The van der Waals surface area contributed by atoms with Crippen molar-refractivity contribution in [2.24, 2.45) is 5.92 Å². The minimum atomic E-state index is -0.986. The summed E-state index contributed by atoms with van der Waals surface area (Å²) in [4.78, 5) is 13.4. The summed E-state index contributed by atoms with van der Waals surface area (Å²) >= 11 is 0. The number of piperidine rings is 1. The van der Waals surface area contributed by atoms with Gasteiger partial charge in [-0.1, -0.05) is 60.7 Å². The third-order valence-corrected chi connectivity index (χ3v) is 6.59. The normalized spacial score (nSPS) is 15.3. The van der Waals surface area contributed by atoms with Crippen molar-refractivity contribution in [3.63, 3.8) is 0 Å². The molecule has 0 spiro atoms. The van der Waals surface area contributed by atoms with Gasteiger partial charge in [-0.05, 0) is 73.7 Å². The van der Waals surface area contributed by atoms with Crippen LogP contribution in [0.25, 0.3) is 0 Å². The standard InChI is InChI=1S/C28H31NO4/c30-27(31)22-12-14-26(15-13-22)33-21-7-18-29-19-16-25(17-20-29)28(32,23-8-3-1-4-9-23)24-10-5-2-6-11-24/h1-6,8-15,25,32H,7,16-21H2,(H,30,31). The lowest BCUT2D eigenvalue weighted by molar-refractivity contribution is -0.0146. The molecule has 0 saturated carbocycles. The molecule has 3 aromatic rings. The Morgan fingerprint density at radius 3 is 1.94 bits per heavy atom. The average molecular weight is 446 g/mol. The molecule has 1 fully saturated rings. The zero-order valence-corrected chi connectivity index (χ0v) is 18.8. The lowest BCUT2D eigenvalue weighted by atomic mass is 9.72. The van der Waals surface area contributed by atoms with Crippen molar-refractivity contribution in [3.05, 3.63) is 102 Å². The summed E-state index contributed by atoms with van der Waals surface area (Å²) < 4.78 is 5.76. The van der Waals surface area contributed by atoms with Crippen LogP contribution >= 0.6 is 0 Å². The van der Waals surface area contributed by atoms with Gasteiger partial charge in [0.1, 0.15) is 11.4 Å². The number of ether oxygens (including phenoxy) is 1. The van der Waals surface area contributed by atoms with E-state index in [0.29, 0.717) is 12.4 Å². The minimum absolute atomic E-state index is 0.155. The van der Waals surface area contributed by atoms with Gasteiger partial charge in [-0.15, -0.1) is 0 Å². The second kappa shape index (κ2) is 10.6. The van der Waals surface area contributed by atoms with Gasteiger partial charge in [0, 0.05) is 6.54 Å². The molecule has 5 nitrogen and oxygen atoms in total. The lowest BCUT2D eigenvalue weighted by Crippen LogP contribution is -2.44. The molecule has 5 heteroatoms. The van der Waals surface area contributed by atoms with Crippen LogP contribution in [0.5, 0.6) is 5.75 Å². The number of hydrogen-bond acceptors (Lipinski definition) is 4. The third-order valence-electron chi connectivity index (χ3n) is 6.59. The molecule has 1 heterocycles. The fraction of sp³-hybridized carbons (Fsp3) is 0.321. The number of nitrogens with zero attached hydrogens (tertiary/aromatic N) is 1. The molecule has 33 heavy (non-hydrogen) atoms. The first-order valence-corrected chi connectivity index (χ1v) is 11.6. The highest BCUT2D eigenvalue weighted by Crippen LogP contribution is 2.41. The number of hydrogen-bond donors (Lipinski definition) is 2. The van der Waals surface area contributed by atoms with E-state index in [1.807, 2.05) is 60.7 Å². The highest BCUT2D eigenvalue weighted by molar-refractivity contribution is 5.87. The number of likely N-dealkylation sites (tertiary alicyclic amines) is 1. The molecule has 0 amide bonds. The van der Waals surface area contributed by atoms with Crippen molar-refractivity contribution < 1.29 is 19.7 Å². The van der Waals surface area contributed by atoms with Crippen molar-refractivity contribution in [1.82, 2.24) is 4.90 Å². The van der Waals surface area contributed by atoms with Crippen LogP contribution in [-0.2, 0) is 5.60 Å². The van der Waals surface area contributed by atoms with Crippen molar-refractivity contribution in [2.75, 3.05) is 26.2 Å². The molecule has 0 aromatic heterocycles. The summed E-state index contributed by atoms with van der Waals surface area (Å²) in [6.45, 7) is 3.42. The molecule has 172 valence electrons. The number of carbonyl (C=O) groups is 1. The minimum Gasteiger partial charge on any atom is -0.494 e. The van der Waals surface area contributed by atoms with E-state index in [4.69, 9.17) is 9.84 Å². The summed E-state index contributed by atoms with van der Waals surface area (Å²) in [5, 5.41) is 21.0. The maximum Gasteiger partial charge on any atom is 0.335 e.